The minimum atomic E-state index is -0.660. The molecule has 6 rings (SSSR count). The van der Waals surface area contributed by atoms with Crippen LogP contribution in [0.3, 0.4) is 0 Å². The molecule has 5 heterocycles. The molecule has 0 unspecified atom stereocenters. The SMILES string of the molecule is N#Cc1cc2nc(CN3CCC(Oc4nc(Cc5ccc(Cl)cc5F)ncc4F)CC3)n(C[C@@H]3CCO3)c2nn1. The normalized spacial score (nSPS) is 18.0. The number of benzene rings is 1. The van der Waals surface area contributed by atoms with Crippen molar-refractivity contribution >= 4 is 22.8 Å². The van der Waals surface area contributed by atoms with Gasteiger partial charge in [-0.05, 0) is 37.0 Å². The van der Waals surface area contributed by atoms with Gasteiger partial charge in [0.2, 0.25) is 5.82 Å². The van der Waals surface area contributed by atoms with Crippen LogP contribution in [0.5, 0.6) is 5.88 Å². The van der Waals surface area contributed by atoms with E-state index in [9.17, 15) is 14.0 Å². The molecule has 2 saturated heterocycles. The van der Waals surface area contributed by atoms with Gasteiger partial charge in [-0.2, -0.15) is 14.6 Å². The molecule has 206 valence electrons. The maximum atomic E-state index is 14.5. The first-order chi connectivity index (χ1) is 19.4. The van der Waals surface area contributed by atoms with Crippen LogP contribution in [-0.2, 0) is 24.2 Å². The number of fused-ring (bicyclic) bond motifs is 1. The predicted molar refractivity (Wildman–Crippen MR) is 140 cm³/mol. The van der Waals surface area contributed by atoms with Crippen molar-refractivity contribution in [2.24, 2.45) is 0 Å². The van der Waals surface area contributed by atoms with Crippen molar-refractivity contribution in [1.29, 1.82) is 5.26 Å². The van der Waals surface area contributed by atoms with E-state index in [0.29, 0.717) is 60.8 Å². The molecule has 13 heteroatoms. The van der Waals surface area contributed by atoms with Crippen LogP contribution in [0.15, 0.2) is 30.5 Å². The maximum Gasteiger partial charge on any atom is 0.254 e. The fourth-order valence-electron chi connectivity index (χ4n) is 4.90. The summed E-state index contributed by atoms with van der Waals surface area (Å²) in [5, 5.41) is 17.7. The lowest BCUT2D eigenvalue weighted by atomic mass is 10.1. The Morgan fingerprint density at radius 2 is 1.93 bits per heavy atom. The third-order valence-electron chi connectivity index (χ3n) is 7.17. The van der Waals surface area contributed by atoms with E-state index in [2.05, 4.69) is 25.1 Å². The highest BCUT2D eigenvalue weighted by Crippen LogP contribution is 2.25. The van der Waals surface area contributed by atoms with Gasteiger partial charge in [-0.25, -0.2) is 14.4 Å². The van der Waals surface area contributed by atoms with Crippen molar-refractivity contribution in [1.82, 2.24) is 34.6 Å². The van der Waals surface area contributed by atoms with Crippen LogP contribution in [0, 0.1) is 23.0 Å². The molecular formula is C27H25ClF2N8O2. The molecule has 0 radical (unpaired) electrons. The second-order valence-electron chi connectivity index (χ2n) is 9.92. The molecule has 1 atom stereocenters. The predicted octanol–water partition coefficient (Wildman–Crippen LogP) is 3.84. The number of nitrogens with zero attached hydrogens (tertiary/aromatic N) is 8. The van der Waals surface area contributed by atoms with Gasteiger partial charge in [0.15, 0.2) is 11.3 Å². The molecule has 0 spiro atoms. The van der Waals surface area contributed by atoms with E-state index in [0.717, 1.165) is 25.0 Å². The highest BCUT2D eigenvalue weighted by Gasteiger charge is 2.27. The highest BCUT2D eigenvalue weighted by molar-refractivity contribution is 6.30. The Balaban J connectivity index is 1.10. The molecule has 0 aliphatic carbocycles. The molecule has 2 aliphatic rings. The standard InChI is InChI=1S/C27H25ClF2N8O2/c28-17-2-1-16(21(29)10-17)9-24-32-13-22(30)27(34-24)40-19-3-6-37(7-4-19)15-25-33-23-11-18(12-31)35-36-26(23)38(25)14-20-5-8-39-20/h1-2,10-11,13,19-20H,3-9,14-15H2/t20-/m0/s1. The molecule has 40 heavy (non-hydrogen) atoms. The van der Waals surface area contributed by atoms with Crippen molar-refractivity contribution in [2.45, 2.75) is 51.0 Å². The molecular weight excluding hydrogens is 542 g/mol. The quantitative estimate of drug-likeness (QED) is 0.314. The van der Waals surface area contributed by atoms with E-state index in [1.807, 2.05) is 10.6 Å². The second-order valence-corrected chi connectivity index (χ2v) is 10.4. The van der Waals surface area contributed by atoms with Gasteiger partial charge in [0.05, 0.1) is 25.4 Å². The fourth-order valence-corrected chi connectivity index (χ4v) is 5.06. The summed E-state index contributed by atoms with van der Waals surface area (Å²) in [5.41, 5.74) is 1.85. The Morgan fingerprint density at radius 1 is 1.10 bits per heavy atom. The van der Waals surface area contributed by atoms with E-state index >= 15 is 0 Å². The number of hydrogen-bond acceptors (Lipinski definition) is 9. The Morgan fingerprint density at radius 3 is 2.65 bits per heavy atom. The summed E-state index contributed by atoms with van der Waals surface area (Å²) in [5.74, 6) is -0.177. The topological polar surface area (TPSA) is 115 Å². The lowest BCUT2D eigenvalue weighted by molar-refractivity contribution is -0.0593. The smallest absolute Gasteiger partial charge is 0.254 e. The molecule has 0 amide bonds. The van der Waals surface area contributed by atoms with Crippen molar-refractivity contribution < 1.29 is 18.3 Å². The molecule has 0 saturated carbocycles. The number of aromatic nitrogens is 6. The molecule has 0 N–H and O–H groups in total. The second kappa shape index (κ2) is 11.4. The molecule has 10 nitrogen and oxygen atoms in total. The van der Waals surface area contributed by atoms with Gasteiger partial charge in [-0.15, -0.1) is 10.2 Å². The van der Waals surface area contributed by atoms with Crippen LogP contribution >= 0.6 is 11.6 Å². The summed E-state index contributed by atoms with van der Waals surface area (Å²) in [6, 6.07) is 8.03. The van der Waals surface area contributed by atoms with Crippen LogP contribution in [0.25, 0.3) is 11.2 Å². The van der Waals surface area contributed by atoms with E-state index in [-0.39, 0.29) is 36.0 Å². The number of piperidine rings is 1. The zero-order chi connectivity index (χ0) is 27.6. The largest absolute Gasteiger partial charge is 0.472 e. The minimum absolute atomic E-state index is 0.0885. The van der Waals surface area contributed by atoms with Gasteiger partial charge in [0, 0.05) is 37.2 Å². The van der Waals surface area contributed by atoms with Gasteiger partial charge >= 0.3 is 0 Å². The number of likely N-dealkylation sites (tertiary alicyclic amines) is 1. The van der Waals surface area contributed by atoms with Gasteiger partial charge in [0.1, 0.15) is 35.2 Å². The molecule has 1 aromatic carbocycles. The zero-order valence-electron chi connectivity index (χ0n) is 21.4. The summed E-state index contributed by atoms with van der Waals surface area (Å²) in [4.78, 5) is 15.2. The van der Waals surface area contributed by atoms with Crippen molar-refractivity contribution in [3.8, 4) is 11.9 Å². The van der Waals surface area contributed by atoms with Crippen molar-refractivity contribution in [3.63, 3.8) is 0 Å². The fraction of sp³-hybridized carbons (Fsp3) is 0.407. The molecule has 0 bridgehead atoms. The Kier molecular flexibility index (Phi) is 7.51. The summed E-state index contributed by atoms with van der Waals surface area (Å²) in [6.45, 7) is 3.37. The number of rotatable bonds is 8. The Hall–Kier alpha value is -3.79. The number of ether oxygens (including phenoxy) is 2. The minimum Gasteiger partial charge on any atom is -0.472 e. The van der Waals surface area contributed by atoms with Crippen LogP contribution in [0.1, 0.15) is 42.2 Å². The van der Waals surface area contributed by atoms with Crippen LogP contribution in [0.4, 0.5) is 8.78 Å². The number of hydrogen-bond donors (Lipinski definition) is 0. The summed E-state index contributed by atoms with van der Waals surface area (Å²) in [7, 11) is 0. The zero-order valence-corrected chi connectivity index (χ0v) is 22.2. The first kappa shape index (κ1) is 26.4. The van der Waals surface area contributed by atoms with E-state index in [1.165, 1.54) is 6.07 Å². The summed E-state index contributed by atoms with van der Waals surface area (Å²) >= 11 is 5.83. The number of halogens is 3. The number of imidazole rings is 1. The number of nitriles is 1. The third-order valence-corrected chi connectivity index (χ3v) is 7.40. The van der Waals surface area contributed by atoms with Crippen molar-refractivity contribution in [3.05, 3.63) is 70.0 Å². The first-order valence-electron chi connectivity index (χ1n) is 13.0. The molecule has 3 aromatic heterocycles. The van der Waals surface area contributed by atoms with Crippen LogP contribution in [-0.4, -0.2) is 66.5 Å². The maximum absolute atomic E-state index is 14.5. The van der Waals surface area contributed by atoms with Gasteiger partial charge in [-0.1, -0.05) is 17.7 Å². The lowest BCUT2D eigenvalue weighted by Gasteiger charge is -2.32. The summed E-state index contributed by atoms with van der Waals surface area (Å²) in [6.07, 6.45) is 3.32. The lowest BCUT2D eigenvalue weighted by Crippen LogP contribution is -2.39. The third kappa shape index (κ3) is 5.72. The van der Waals surface area contributed by atoms with Crippen LogP contribution < -0.4 is 4.74 Å². The Bertz CT molecular complexity index is 1580. The van der Waals surface area contributed by atoms with E-state index < -0.39 is 11.6 Å². The van der Waals surface area contributed by atoms with Gasteiger partial charge < -0.3 is 14.0 Å². The first-order valence-corrected chi connectivity index (χ1v) is 13.4. The highest BCUT2D eigenvalue weighted by atomic mass is 35.5. The summed E-state index contributed by atoms with van der Waals surface area (Å²) < 4.78 is 42.3. The van der Waals surface area contributed by atoms with E-state index in [4.69, 9.17) is 26.1 Å². The average Bonchev–Trinajstić information content (AvgIpc) is 3.26. The Labute approximate surface area is 233 Å². The average molecular weight is 567 g/mol. The molecule has 4 aromatic rings. The van der Waals surface area contributed by atoms with E-state index in [1.54, 1.807) is 18.2 Å². The van der Waals surface area contributed by atoms with Crippen LogP contribution in [0.2, 0.25) is 5.02 Å². The molecule has 2 fully saturated rings. The van der Waals surface area contributed by atoms with Crippen molar-refractivity contribution in [2.75, 3.05) is 19.7 Å². The van der Waals surface area contributed by atoms with Gasteiger partial charge in [-0.3, -0.25) is 4.90 Å². The monoisotopic (exact) mass is 566 g/mol. The van der Waals surface area contributed by atoms with Gasteiger partial charge in [0.25, 0.3) is 5.88 Å². The molecule has 2 aliphatic heterocycles.